The minimum atomic E-state index is -0.130. The molecule has 0 saturated carbocycles. The van der Waals surface area contributed by atoms with Gasteiger partial charge in [-0.3, -0.25) is 4.79 Å². The smallest absolute Gasteiger partial charge is 0.269 e. The Bertz CT molecular complexity index is 348. The number of amides is 1. The Morgan fingerprint density at radius 2 is 2.18 bits per heavy atom. The lowest BCUT2D eigenvalue weighted by atomic mass is 10.3. The molecule has 0 aliphatic rings. The summed E-state index contributed by atoms with van der Waals surface area (Å²) in [5.41, 5.74) is 1.38. The lowest BCUT2D eigenvalue weighted by Gasteiger charge is -2.10. The Labute approximate surface area is 102 Å². The number of likely N-dealkylation sites (N-methyl/N-ethyl adjacent to an activating group) is 1. The van der Waals surface area contributed by atoms with Crippen molar-refractivity contribution in [3.63, 3.8) is 0 Å². The molecule has 1 rings (SSSR count). The SMILES string of the molecule is CCNc1ccc(C(=O)NCCN(C)C)nc1. The molecule has 94 valence electrons. The molecule has 17 heavy (non-hydrogen) atoms. The number of carbonyl (C=O) groups is 1. The second-order valence-corrected chi connectivity index (χ2v) is 4.02. The van der Waals surface area contributed by atoms with Gasteiger partial charge in [0, 0.05) is 19.6 Å². The molecule has 5 heteroatoms. The summed E-state index contributed by atoms with van der Waals surface area (Å²) in [6.45, 7) is 4.31. The van der Waals surface area contributed by atoms with Crippen LogP contribution >= 0.6 is 0 Å². The normalized spacial score (nSPS) is 10.4. The van der Waals surface area contributed by atoms with E-state index in [0.717, 1.165) is 18.8 Å². The van der Waals surface area contributed by atoms with Crippen LogP contribution in [0.4, 0.5) is 5.69 Å². The summed E-state index contributed by atoms with van der Waals surface area (Å²) in [6.07, 6.45) is 1.67. The topological polar surface area (TPSA) is 57.3 Å². The molecule has 0 atom stereocenters. The van der Waals surface area contributed by atoms with Crippen molar-refractivity contribution in [1.82, 2.24) is 15.2 Å². The molecule has 1 amide bonds. The first-order chi connectivity index (χ1) is 8.13. The van der Waals surface area contributed by atoms with Gasteiger partial charge in [0.1, 0.15) is 5.69 Å². The quantitative estimate of drug-likeness (QED) is 0.767. The summed E-state index contributed by atoms with van der Waals surface area (Å²) >= 11 is 0. The van der Waals surface area contributed by atoms with E-state index in [9.17, 15) is 4.79 Å². The molecule has 1 heterocycles. The highest BCUT2D eigenvalue weighted by molar-refractivity contribution is 5.92. The molecule has 0 aromatic carbocycles. The fraction of sp³-hybridized carbons (Fsp3) is 0.500. The van der Waals surface area contributed by atoms with Gasteiger partial charge >= 0.3 is 0 Å². The third-order valence-corrected chi connectivity index (χ3v) is 2.22. The van der Waals surface area contributed by atoms with Crippen molar-refractivity contribution < 1.29 is 4.79 Å². The number of aromatic nitrogens is 1. The van der Waals surface area contributed by atoms with Crippen molar-refractivity contribution in [3.8, 4) is 0 Å². The molecular formula is C12H20N4O. The van der Waals surface area contributed by atoms with Crippen LogP contribution < -0.4 is 10.6 Å². The minimum Gasteiger partial charge on any atom is -0.384 e. The van der Waals surface area contributed by atoms with Gasteiger partial charge in [0.2, 0.25) is 0 Å². The molecule has 5 nitrogen and oxygen atoms in total. The van der Waals surface area contributed by atoms with Gasteiger partial charge < -0.3 is 15.5 Å². The monoisotopic (exact) mass is 236 g/mol. The van der Waals surface area contributed by atoms with Crippen LogP contribution in [0.3, 0.4) is 0 Å². The highest BCUT2D eigenvalue weighted by atomic mass is 16.1. The van der Waals surface area contributed by atoms with Gasteiger partial charge in [0.25, 0.3) is 5.91 Å². The van der Waals surface area contributed by atoms with Crippen LogP contribution in [-0.2, 0) is 0 Å². The van der Waals surface area contributed by atoms with Crippen molar-refractivity contribution in [3.05, 3.63) is 24.0 Å². The first kappa shape index (κ1) is 13.4. The maximum Gasteiger partial charge on any atom is 0.269 e. The number of carbonyl (C=O) groups excluding carboxylic acids is 1. The number of hydrogen-bond donors (Lipinski definition) is 2. The van der Waals surface area contributed by atoms with Crippen molar-refractivity contribution in [2.75, 3.05) is 39.0 Å². The maximum absolute atomic E-state index is 11.7. The number of anilines is 1. The lowest BCUT2D eigenvalue weighted by Crippen LogP contribution is -2.31. The van der Waals surface area contributed by atoms with Crippen LogP contribution in [0.25, 0.3) is 0 Å². The van der Waals surface area contributed by atoms with E-state index in [2.05, 4.69) is 15.6 Å². The molecule has 0 aliphatic carbocycles. The number of nitrogens with zero attached hydrogens (tertiary/aromatic N) is 2. The molecule has 1 aromatic rings. The van der Waals surface area contributed by atoms with Crippen LogP contribution in [0.15, 0.2) is 18.3 Å². The van der Waals surface area contributed by atoms with E-state index in [1.807, 2.05) is 32.0 Å². The van der Waals surface area contributed by atoms with Gasteiger partial charge in [-0.2, -0.15) is 0 Å². The van der Waals surface area contributed by atoms with Gasteiger partial charge in [-0.25, -0.2) is 4.98 Å². The molecule has 0 saturated heterocycles. The van der Waals surface area contributed by atoms with E-state index in [-0.39, 0.29) is 5.91 Å². The molecule has 0 aliphatic heterocycles. The van der Waals surface area contributed by atoms with Crippen LogP contribution in [0.1, 0.15) is 17.4 Å². The zero-order valence-electron chi connectivity index (χ0n) is 10.7. The fourth-order valence-electron chi connectivity index (χ4n) is 1.32. The largest absolute Gasteiger partial charge is 0.384 e. The average molecular weight is 236 g/mol. The van der Waals surface area contributed by atoms with E-state index >= 15 is 0 Å². The van der Waals surface area contributed by atoms with Crippen molar-refractivity contribution in [2.45, 2.75) is 6.92 Å². The Balaban J connectivity index is 2.46. The van der Waals surface area contributed by atoms with Crippen molar-refractivity contribution in [2.24, 2.45) is 0 Å². The van der Waals surface area contributed by atoms with Crippen LogP contribution in [0, 0.1) is 0 Å². The summed E-state index contributed by atoms with van der Waals surface area (Å²) in [5, 5.41) is 5.95. The number of hydrogen-bond acceptors (Lipinski definition) is 4. The molecule has 2 N–H and O–H groups in total. The number of pyridine rings is 1. The van der Waals surface area contributed by atoms with Gasteiger partial charge in [-0.1, -0.05) is 0 Å². The first-order valence-corrected chi connectivity index (χ1v) is 5.76. The molecular weight excluding hydrogens is 216 g/mol. The van der Waals surface area contributed by atoms with Crippen LogP contribution in [-0.4, -0.2) is 49.5 Å². The van der Waals surface area contributed by atoms with Gasteiger partial charge in [-0.15, -0.1) is 0 Å². The van der Waals surface area contributed by atoms with E-state index in [0.29, 0.717) is 12.2 Å². The predicted molar refractivity (Wildman–Crippen MR) is 69.3 cm³/mol. The second kappa shape index (κ2) is 6.85. The molecule has 0 fully saturated rings. The third kappa shape index (κ3) is 4.82. The number of rotatable bonds is 6. The average Bonchev–Trinajstić information content (AvgIpc) is 2.30. The lowest BCUT2D eigenvalue weighted by molar-refractivity contribution is 0.0946. The Hall–Kier alpha value is -1.62. The molecule has 1 aromatic heterocycles. The van der Waals surface area contributed by atoms with E-state index in [1.54, 1.807) is 12.3 Å². The Kier molecular flexibility index (Phi) is 5.42. The Morgan fingerprint density at radius 3 is 2.71 bits per heavy atom. The molecule has 0 bridgehead atoms. The summed E-state index contributed by atoms with van der Waals surface area (Å²) in [7, 11) is 3.94. The Morgan fingerprint density at radius 1 is 1.41 bits per heavy atom. The highest BCUT2D eigenvalue weighted by Gasteiger charge is 2.05. The standard InChI is InChI=1S/C12H20N4O/c1-4-13-10-5-6-11(15-9-10)12(17)14-7-8-16(2)3/h5-6,9,13H,4,7-8H2,1-3H3,(H,14,17). The van der Waals surface area contributed by atoms with Gasteiger partial charge in [-0.05, 0) is 33.2 Å². The fourth-order valence-corrected chi connectivity index (χ4v) is 1.32. The minimum absolute atomic E-state index is 0.130. The first-order valence-electron chi connectivity index (χ1n) is 5.76. The van der Waals surface area contributed by atoms with Gasteiger partial charge in [0.15, 0.2) is 0 Å². The zero-order chi connectivity index (χ0) is 12.7. The zero-order valence-corrected chi connectivity index (χ0v) is 10.7. The summed E-state index contributed by atoms with van der Waals surface area (Å²) in [6, 6.07) is 3.58. The second-order valence-electron chi connectivity index (χ2n) is 4.02. The van der Waals surface area contributed by atoms with Crippen molar-refractivity contribution in [1.29, 1.82) is 0 Å². The summed E-state index contributed by atoms with van der Waals surface area (Å²) in [5.74, 6) is -0.130. The summed E-state index contributed by atoms with van der Waals surface area (Å²) in [4.78, 5) is 17.8. The number of nitrogens with one attached hydrogen (secondary N) is 2. The summed E-state index contributed by atoms with van der Waals surface area (Å²) < 4.78 is 0. The molecule has 0 radical (unpaired) electrons. The molecule has 0 unspecified atom stereocenters. The predicted octanol–water partition coefficient (Wildman–Crippen LogP) is 0.805. The maximum atomic E-state index is 11.7. The van der Waals surface area contributed by atoms with Crippen molar-refractivity contribution >= 4 is 11.6 Å². The van der Waals surface area contributed by atoms with Gasteiger partial charge in [0.05, 0.1) is 11.9 Å². The van der Waals surface area contributed by atoms with E-state index < -0.39 is 0 Å². The van der Waals surface area contributed by atoms with E-state index in [4.69, 9.17) is 0 Å². The van der Waals surface area contributed by atoms with E-state index in [1.165, 1.54) is 0 Å². The van der Waals surface area contributed by atoms with Crippen LogP contribution in [0.5, 0.6) is 0 Å². The highest BCUT2D eigenvalue weighted by Crippen LogP contribution is 2.05. The van der Waals surface area contributed by atoms with Crippen LogP contribution in [0.2, 0.25) is 0 Å². The molecule has 0 spiro atoms. The third-order valence-electron chi connectivity index (χ3n) is 2.22.